The van der Waals surface area contributed by atoms with E-state index in [9.17, 15) is 0 Å². The minimum atomic E-state index is -0.861. The van der Waals surface area contributed by atoms with E-state index in [1.54, 1.807) is 0 Å². The standard InChI is InChI=1S/C33H27OP/c1-33(2)27-19-10-11-21-29(27)34-32-28(33)20-13-23-31(32)35(25-16-7-4-8-17-25)30-22-12-9-18-26(30)24-14-5-3-6-15-24/h3-23H,1-2H3. The molecule has 6 rings (SSSR count). The number of fused-ring (bicyclic) bond motifs is 2. The van der Waals surface area contributed by atoms with Crippen LogP contribution in [0.25, 0.3) is 11.1 Å². The van der Waals surface area contributed by atoms with E-state index >= 15 is 0 Å². The van der Waals surface area contributed by atoms with Gasteiger partial charge in [0.15, 0.2) is 0 Å². The lowest BCUT2D eigenvalue weighted by molar-refractivity contribution is 0.421. The third kappa shape index (κ3) is 3.77. The molecule has 0 spiro atoms. The molecule has 170 valence electrons. The molecule has 0 N–H and O–H groups in total. The second kappa shape index (κ2) is 8.84. The fourth-order valence-electron chi connectivity index (χ4n) is 5.14. The topological polar surface area (TPSA) is 9.23 Å². The van der Waals surface area contributed by atoms with Gasteiger partial charge < -0.3 is 4.74 Å². The fraction of sp³-hybridized carbons (Fsp3) is 0.0909. The predicted octanol–water partition coefficient (Wildman–Crippen LogP) is 7.54. The van der Waals surface area contributed by atoms with E-state index in [1.165, 1.54) is 38.2 Å². The number of hydrogen-bond acceptors (Lipinski definition) is 1. The summed E-state index contributed by atoms with van der Waals surface area (Å²) in [6, 6.07) is 45.6. The zero-order valence-electron chi connectivity index (χ0n) is 20.0. The molecule has 0 radical (unpaired) electrons. The van der Waals surface area contributed by atoms with Gasteiger partial charge in [0.1, 0.15) is 11.5 Å². The third-order valence-electron chi connectivity index (χ3n) is 6.93. The van der Waals surface area contributed by atoms with E-state index in [2.05, 4.69) is 141 Å². The molecule has 0 aliphatic carbocycles. The summed E-state index contributed by atoms with van der Waals surface area (Å²) in [7, 11) is -0.861. The number of benzene rings is 5. The minimum absolute atomic E-state index is 0.142. The summed E-state index contributed by atoms with van der Waals surface area (Å²) in [4.78, 5) is 0. The summed E-state index contributed by atoms with van der Waals surface area (Å²) in [5.74, 6) is 1.96. The second-order valence-corrected chi connectivity index (χ2v) is 11.6. The Balaban J connectivity index is 1.61. The maximum atomic E-state index is 6.73. The summed E-state index contributed by atoms with van der Waals surface area (Å²) < 4.78 is 6.73. The van der Waals surface area contributed by atoms with Gasteiger partial charge >= 0.3 is 0 Å². The first kappa shape index (κ1) is 21.8. The van der Waals surface area contributed by atoms with E-state index in [1.807, 2.05) is 0 Å². The number of rotatable bonds is 4. The summed E-state index contributed by atoms with van der Waals surface area (Å²) in [6.07, 6.45) is 0. The second-order valence-electron chi connectivity index (χ2n) is 9.43. The first-order valence-corrected chi connectivity index (χ1v) is 13.4. The Morgan fingerprint density at radius 1 is 0.543 bits per heavy atom. The molecule has 2 heteroatoms. The average molecular weight is 471 g/mol. The van der Waals surface area contributed by atoms with Gasteiger partial charge in [0.2, 0.25) is 0 Å². The first-order valence-electron chi connectivity index (χ1n) is 12.0. The molecule has 35 heavy (non-hydrogen) atoms. The molecule has 1 atom stereocenters. The Labute approximate surface area is 208 Å². The number of para-hydroxylation sites is 2. The molecule has 0 aromatic heterocycles. The third-order valence-corrected chi connectivity index (χ3v) is 9.45. The highest BCUT2D eigenvalue weighted by atomic mass is 31.1. The largest absolute Gasteiger partial charge is 0.456 e. The molecule has 1 heterocycles. The summed E-state index contributed by atoms with van der Waals surface area (Å²) >= 11 is 0. The highest BCUT2D eigenvalue weighted by molar-refractivity contribution is 7.80. The van der Waals surface area contributed by atoms with Crippen molar-refractivity contribution in [2.24, 2.45) is 0 Å². The predicted molar refractivity (Wildman–Crippen MR) is 149 cm³/mol. The van der Waals surface area contributed by atoms with Crippen molar-refractivity contribution in [2.45, 2.75) is 19.3 Å². The quantitative estimate of drug-likeness (QED) is 0.247. The Morgan fingerprint density at radius 2 is 1.14 bits per heavy atom. The highest BCUT2D eigenvalue weighted by Gasteiger charge is 2.37. The van der Waals surface area contributed by atoms with Crippen LogP contribution in [0.4, 0.5) is 0 Å². The van der Waals surface area contributed by atoms with Gasteiger partial charge in [-0.05, 0) is 35.7 Å². The van der Waals surface area contributed by atoms with Crippen molar-refractivity contribution in [3.63, 3.8) is 0 Å². The molecule has 0 amide bonds. The molecule has 5 aromatic rings. The van der Waals surface area contributed by atoms with Crippen LogP contribution in [0.3, 0.4) is 0 Å². The van der Waals surface area contributed by atoms with Crippen molar-refractivity contribution in [3.05, 3.63) is 139 Å². The number of hydrogen-bond donors (Lipinski definition) is 0. The Bertz CT molecular complexity index is 1490. The van der Waals surface area contributed by atoms with Gasteiger partial charge in [-0.3, -0.25) is 0 Å². The lowest BCUT2D eigenvalue weighted by Crippen LogP contribution is -2.30. The van der Waals surface area contributed by atoms with E-state index < -0.39 is 7.92 Å². The lowest BCUT2D eigenvalue weighted by atomic mass is 9.76. The molecule has 1 nitrogen and oxygen atoms in total. The van der Waals surface area contributed by atoms with E-state index in [0.29, 0.717) is 0 Å². The molecule has 5 aromatic carbocycles. The van der Waals surface area contributed by atoms with Crippen LogP contribution >= 0.6 is 7.92 Å². The van der Waals surface area contributed by atoms with Crippen molar-refractivity contribution in [2.75, 3.05) is 0 Å². The summed E-state index contributed by atoms with van der Waals surface area (Å²) in [5, 5.41) is 3.92. The lowest BCUT2D eigenvalue weighted by Gasteiger charge is -2.36. The van der Waals surface area contributed by atoms with Gasteiger partial charge in [0.25, 0.3) is 0 Å². The van der Waals surface area contributed by atoms with Crippen molar-refractivity contribution in [1.82, 2.24) is 0 Å². The maximum absolute atomic E-state index is 6.73. The zero-order chi connectivity index (χ0) is 23.8. The van der Waals surface area contributed by atoms with Crippen LogP contribution < -0.4 is 20.7 Å². The van der Waals surface area contributed by atoms with Gasteiger partial charge in [-0.1, -0.05) is 135 Å². The Hall–Kier alpha value is -3.67. The smallest absolute Gasteiger partial charge is 0.139 e. The number of ether oxygens (including phenoxy) is 1. The van der Waals surface area contributed by atoms with Gasteiger partial charge in [-0.25, -0.2) is 0 Å². The monoisotopic (exact) mass is 470 g/mol. The van der Waals surface area contributed by atoms with Crippen molar-refractivity contribution >= 4 is 23.8 Å². The molecule has 1 aliphatic rings. The van der Waals surface area contributed by atoms with Crippen LogP contribution in [0.5, 0.6) is 11.5 Å². The van der Waals surface area contributed by atoms with Crippen molar-refractivity contribution in [3.8, 4) is 22.6 Å². The van der Waals surface area contributed by atoms with Crippen LogP contribution in [-0.4, -0.2) is 0 Å². The van der Waals surface area contributed by atoms with Crippen LogP contribution in [0.2, 0.25) is 0 Å². The molecule has 1 unspecified atom stereocenters. The van der Waals surface area contributed by atoms with Gasteiger partial charge in [0.05, 0.1) is 0 Å². The van der Waals surface area contributed by atoms with E-state index in [4.69, 9.17) is 4.74 Å². The van der Waals surface area contributed by atoms with Crippen LogP contribution in [0.15, 0.2) is 127 Å². The van der Waals surface area contributed by atoms with Gasteiger partial charge in [-0.2, -0.15) is 0 Å². The zero-order valence-corrected chi connectivity index (χ0v) is 20.9. The minimum Gasteiger partial charge on any atom is -0.456 e. The van der Waals surface area contributed by atoms with Crippen molar-refractivity contribution < 1.29 is 4.74 Å². The van der Waals surface area contributed by atoms with Crippen LogP contribution in [-0.2, 0) is 5.41 Å². The molecule has 0 fully saturated rings. The van der Waals surface area contributed by atoms with Crippen molar-refractivity contribution in [1.29, 1.82) is 0 Å². The molecule has 0 saturated carbocycles. The SMILES string of the molecule is CC1(C)c2ccccc2Oc2c(P(c3ccccc3)c3ccccc3-c3ccccc3)cccc21. The Morgan fingerprint density at radius 3 is 1.94 bits per heavy atom. The van der Waals surface area contributed by atoms with E-state index in [0.717, 1.165) is 11.5 Å². The van der Waals surface area contributed by atoms with E-state index in [-0.39, 0.29) is 5.41 Å². The van der Waals surface area contributed by atoms with Crippen LogP contribution in [0.1, 0.15) is 25.0 Å². The Kier molecular flexibility index (Phi) is 5.51. The molecule has 1 aliphatic heterocycles. The molecular formula is C33H27OP. The molecular weight excluding hydrogens is 443 g/mol. The fourth-order valence-corrected chi connectivity index (χ4v) is 7.71. The van der Waals surface area contributed by atoms with Gasteiger partial charge in [0, 0.05) is 21.8 Å². The first-order chi connectivity index (χ1) is 17.1. The summed E-state index contributed by atoms with van der Waals surface area (Å²) in [6.45, 7) is 4.61. The maximum Gasteiger partial charge on any atom is 0.139 e. The normalized spacial score (nSPS) is 14.3. The van der Waals surface area contributed by atoms with Gasteiger partial charge in [-0.15, -0.1) is 0 Å². The van der Waals surface area contributed by atoms with Crippen LogP contribution in [0, 0.1) is 0 Å². The highest BCUT2D eigenvalue weighted by Crippen LogP contribution is 2.50. The summed E-state index contributed by atoms with van der Waals surface area (Å²) in [5.41, 5.74) is 4.85. The molecule has 0 saturated heterocycles. The average Bonchev–Trinajstić information content (AvgIpc) is 2.91. The molecule has 0 bridgehead atoms.